The molecule has 0 aromatic rings. The Morgan fingerprint density at radius 3 is 2.75 bits per heavy atom. The molecular formula is C12H22N2O2. The van der Waals surface area contributed by atoms with Gasteiger partial charge < -0.3 is 15.7 Å². The van der Waals surface area contributed by atoms with Gasteiger partial charge in [-0.1, -0.05) is 0 Å². The molecule has 1 amide bonds. The van der Waals surface area contributed by atoms with Gasteiger partial charge in [-0.2, -0.15) is 0 Å². The molecular weight excluding hydrogens is 204 g/mol. The van der Waals surface area contributed by atoms with Crippen LogP contribution in [0.25, 0.3) is 0 Å². The molecule has 1 heterocycles. The van der Waals surface area contributed by atoms with Gasteiger partial charge in [-0.3, -0.25) is 4.79 Å². The largest absolute Gasteiger partial charge is 0.394 e. The number of rotatable bonds is 4. The van der Waals surface area contributed by atoms with E-state index in [1.165, 1.54) is 12.8 Å². The summed E-state index contributed by atoms with van der Waals surface area (Å²) in [6.45, 7) is 0.881. The summed E-state index contributed by atoms with van der Waals surface area (Å²) >= 11 is 0. The van der Waals surface area contributed by atoms with Gasteiger partial charge in [0.25, 0.3) is 0 Å². The Hall–Kier alpha value is -0.610. The van der Waals surface area contributed by atoms with E-state index in [0.717, 1.165) is 25.8 Å². The highest BCUT2D eigenvalue weighted by Gasteiger charge is 2.33. The van der Waals surface area contributed by atoms with E-state index in [2.05, 4.69) is 0 Å². The van der Waals surface area contributed by atoms with Crippen molar-refractivity contribution < 1.29 is 9.90 Å². The van der Waals surface area contributed by atoms with Crippen molar-refractivity contribution >= 4 is 5.91 Å². The highest BCUT2D eigenvalue weighted by Crippen LogP contribution is 2.33. The molecule has 4 heteroatoms. The molecule has 1 saturated heterocycles. The third-order valence-corrected chi connectivity index (χ3v) is 3.80. The predicted molar refractivity (Wildman–Crippen MR) is 61.8 cm³/mol. The van der Waals surface area contributed by atoms with Crippen LogP contribution in [0.3, 0.4) is 0 Å². The van der Waals surface area contributed by atoms with Gasteiger partial charge in [-0.25, -0.2) is 0 Å². The lowest BCUT2D eigenvalue weighted by Gasteiger charge is -2.35. The fourth-order valence-electron chi connectivity index (χ4n) is 2.53. The van der Waals surface area contributed by atoms with Gasteiger partial charge in [0, 0.05) is 19.0 Å². The summed E-state index contributed by atoms with van der Waals surface area (Å²) in [5.41, 5.74) is 5.96. The number of carbonyl (C=O) groups excluding carboxylic acids is 1. The maximum atomic E-state index is 12.0. The van der Waals surface area contributed by atoms with Crippen molar-refractivity contribution in [2.24, 2.45) is 11.7 Å². The third-order valence-electron chi connectivity index (χ3n) is 3.80. The van der Waals surface area contributed by atoms with Crippen LogP contribution in [-0.4, -0.2) is 41.1 Å². The number of piperidine rings is 1. The van der Waals surface area contributed by atoms with Crippen molar-refractivity contribution in [2.45, 2.75) is 50.6 Å². The summed E-state index contributed by atoms with van der Waals surface area (Å²) in [5, 5.41) is 9.24. The number of nitrogens with two attached hydrogens (primary N) is 1. The molecule has 4 nitrogen and oxygen atoms in total. The van der Waals surface area contributed by atoms with Crippen LogP contribution in [0.2, 0.25) is 0 Å². The highest BCUT2D eigenvalue weighted by atomic mass is 16.3. The Labute approximate surface area is 96.8 Å². The summed E-state index contributed by atoms with van der Waals surface area (Å²) in [7, 11) is 0. The fraction of sp³-hybridized carbons (Fsp3) is 0.917. The molecule has 0 bridgehead atoms. The topological polar surface area (TPSA) is 66.6 Å². The lowest BCUT2D eigenvalue weighted by Crippen LogP contribution is -2.47. The van der Waals surface area contributed by atoms with Gasteiger partial charge in [0.2, 0.25) is 5.91 Å². The molecule has 16 heavy (non-hydrogen) atoms. The predicted octanol–water partition coefficient (Wildman–Crippen LogP) is 0.487. The second-order valence-electron chi connectivity index (χ2n) is 5.12. The molecule has 1 aliphatic carbocycles. The zero-order chi connectivity index (χ0) is 11.5. The lowest BCUT2D eigenvalue weighted by atomic mass is 10.0. The Kier molecular flexibility index (Phi) is 3.82. The molecule has 2 fully saturated rings. The van der Waals surface area contributed by atoms with Gasteiger partial charge in [0.05, 0.1) is 12.6 Å². The summed E-state index contributed by atoms with van der Waals surface area (Å²) in [4.78, 5) is 13.9. The van der Waals surface area contributed by atoms with E-state index >= 15 is 0 Å². The Morgan fingerprint density at radius 2 is 2.12 bits per heavy atom. The molecule has 2 unspecified atom stereocenters. The zero-order valence-corrected chi connectivity index (χ0v) is 9.77. The van der Waals surface area contributed by atoms with E-state index < -0.39 is 0 Å². The summed E-state index contributed by atoms with van der Waals surface area (Å²) in [6, 6.07) is 0.0708. The van der Waals surface area contributed by atoms with Crippen LogP contribution in [0.15, 0.2) is 0 Å². The Morgan fingerprint density at radius 1 is 1.38 bits per heavy atom. The second-order valence-corrected chi connectivity index (χ2v) is 5.12. The summed E-state index contributed by atoms with van der Waals surface area (Å²) in [6.07, 6.45) is 5.92. The molecule has 2 atom stereocenters. The fourth-order valence-corrected chi connectivity index (χ4v) is 2.53. The van der Waals surface area contributed by atoms with Gasteiger partial charge in [-0.15, -0.1) is 0 Å². The highest BCUT2D eigenvalue weighted by molar-refractivity contribution is 5.77. The van der Waals surface area contributed by atoms with Crippen molar-refractivity contribution in [3.8, 4) is 0 Å². The number of carbonyl (C=O) groups is 1. The number of amides is 1. The van der Waals surface area contributed by atoms with Gasteiger partial charge >= 0.3 is 0 Å². The first-order chi connectivity index (χ1) is 7.72. The zero-order valence-electron chi connectivity index (χ0n) is 9.77. The second kappa shape index (κ2) is 5.15. The van der Waals surface area contributed by atoms with Crippen LogP contribution in [-0.2, 0) is 4.79 Å². The van der Waals surface area contributed by atoms with E-state index in [1.807, 2.05) is 4.90 Å². The van der Waals surface area contributed by atoms with Crippen molar-refractivity contribution in [3.63, 3.8) is 0 Å². The molecule has 2 rings (SSSR count). The number of likely N-dealkylation sites (tertiary alicyclic amines) is 1. The average Bonchev–Trinajstić information content (AvgIpc) is 3.12. The van der Waals surface area contributed by atoms with E-state index in [-0.39, 0.29) is 24.6 Å². The summed E-state index contributed by atoms with van der Waals surface area (Å²) < 4.78 is 0. The molecule has 0 spiro atoms. The lowest BCUT2D eigenvalue weighted by molar-refractivity contribution is -0.136. The molecule has 0 aromatic carbocycles. The minimum atomic E-state index is 0.0349. The van der Waals surface area contributed by atoms with Crippen molar-refractivity contribution in [1.29, 1.82) is 0 Å². The average molecular weight is 226 g/mol. The van der Waals surface area contributed by atoms with Crippen molar-refractivity contribution in [1.82, 2.24) is 4.90 Å². The minimum Gasteiger partial charge on any atom is -0.394 e. The monoisotopic (exact) mass is 226 g/mol. The molecule has 0 aromatic heterocycles. The van der Waals surface area contributed by atoms with Crippen molar-refractivity contribution in [3.05, 3.63) is 0 Å². The molecule has 1 saturated carbocycles. The van der Waals surface area contributed by atoms with Crippen LogP contribution in [0.4, 0.5) is 0 Å². The molecule has 1 aliphatic heterocycles. The number of nitrogens with zero attached hydrogens (tertiary/aromatic N) is 1. The SMILES string of the molecule is NC(CC(=O)N1CCCCC1CO)C1CC1. The normalized spacial score (nSPS) is 27.9. The van der Waals surface area contributed by atoms with Crippen LogP contribution in [0.5, 0.6) is 0 Å². The van der Waals surface area contributed by atoms with E-state index in [4.69, 9.17) is 5.73 Å². The first-order valence-electron chi connectivity index (χ1n) is 6.38. The quantitative estimate of drug-likeness (QED) is 0.733. The first kappa shape index (κ1) is 11.9. The number of hydrogen-bond donors (Lipinski definition) is 2. The third kappa shape index (κ3) is 2.74. The Bertz CT molecular complexity index is 253. The van der Waals surface area contributed by atoms with Gasteiger partial charge in [-0.05, 0) is 38.0 Å². The molecule has 2 aliphatic rings. The smallest absolute Gasteiger partial charge is 0.224 e. The van der Waals surface area contributed by atoms with Crippen LogP contribution in [0, 0.1) is 5.92 Å². The van der Waals surface area contributed by atoms with Crippen molar-refractivity contribution in [2.75, 3.05) is 13.2 Å². The van der Waals surface area contributed by atoms with E-state index in [9.17, 15) is 9.90 Å². The van der Waals surface area contributed by atoms with E-state index in [1.54, 1.807) is 0 Å². The van der Waals surface area contributed by atoms with Gasteiger partial charge in [0.1, 0.15) is 0 Å². The van der Waals surface area contributed by atoms with Crippen LogP contribution in [0.1, 0.15) is 38.5 Å². The number of aliphatic hydroxyl groups excluding tert-OH is 1. The maximum absolute atomic E-state index is 12.0. The standard InChI is InChI=1S/C12H22N2O2/c13-11(9-4-5-9)7-12(16)14-6-2-1-3-10(14)8-15/h9-11,15H,1-8,13H2. The van der Waals surface area contributed by atoms with Gasteiger partial charge in [0.15, 0.2) is 0 Å². The minimum absolute atomic E-state index is 0.0349. The van der Waals surface area contributed by atoms with Crippen LogP contribution < -0.4 is 5.73 Å². The Balaban J connectivity index is 1.85. The molecule has 3 N–H and O–H groups in total. The maximum Gasteiger partial charge on any atom is 0.224 e. The number of aliphatic hydroxyl groups is 1. The number of hydrogen-bond acceptors (Lipinski definition) is 3. The first-order valence-corrected chi connectivity index (χ1v) is 6.38. The molecule has 92 valence electrons. The molecule has 0 radical (unpaired) electrons. The van der Waals surface area contributed by atoms with E-state index in [0.29, 0.717) is 12.3 Å². The summed E-state index contributed by atoms with van der Waals surface area (Å²) in [5.74, 6) is 0.708. The van der Waals surface area contributed by atoms with Crippen LogP contribution >= 0.6 is 0 Å².